The largest absolute Gasteiger partial charge is 0.349 e. The van der Waals surface area contributed by atoms with Crippen LogP contribution < -0.4 is 45.0 Å². The molecule has 0 amide bonds. The van der Waals surface area contributed by atoms with Gasteiger partial charge >= 0.3 is 22.8 Å². The molecule has 24 heteroatoms. The Labute approximate surface area is 707 Å². The highest BCUT2D eigenvalue weighted by Crippen LogP contribution is 2.32. The molecule has 8 aliphatic heterocycles. The number of fused-ring (bicyclic) bond motifs is 8. The van der Waals surface area contributed by atoms with Crippen LogP contribution in [0.2, 0.25) is 0 Å². The maximum absolute atomic E-state index is 12.5. The van der Waals surface area contributed by atoms with E-state index in [0.717, 1.165) is 126 Å². The van der Waals surface area contributed by atoms with Crippen molar-refractivity contribution < 1.29 is 0 Å². The van der Waals surface area contributed by atoms with E-state index in [1.807, 2.05) is 48.6 Å². The van der Waals surface area contributed by atoms with E-state index < -0.39 is 45.0 Å². The van der Waals surface area contributed by atoms with Gasteiger partial charge < -0.3 is 18.3 Å². The van der Waals surface area contributed by atoms with Crippen LogP contribution in [0.1, 0.15) is 177 Å². The smallest absolute Gasteiger partial charge is 0.322 e. The number of unbranched alkanes of at least 4 members (excludes halogenated alkanes) is 3. The van der Waals surface area contributed by atoms with Crippen molar-refractivity contribution >= 4 is 44.1 Å². The van der Waals surface area contributed by atoms with Crippen molar-refractivity contribution in [2.75, 3.05) is 0 Å². The zero-order chi connectivity index (χ0) is 86.6. The predicted molar refractivity (Wildman–Crippen MR) is 486 cm³/mol. The summed E-state index contributed by atoms with van der Waals surface area (Å²) in [5, 5.41) is 0. The lowest BCUT2D eigenvalue weighted by molar-refractivity contribution is 0.485. The Hall–Kier alpha value is -13.1. The summed E-state index contributed by atoms with van der Waals surface area (Å²) < 4.78 is 7.91. The Balaban J connectivity index is 0.000000140. The van der Waals surface area contributed by atoms with E-state index in [1.165, 1.54) is 86.0 Å². The van der Waals surface area contributed by atoms with Gasteiger partial charge in [-0.1, -0.05) is 206 Å². The highest BCUT2D eigenvalue weighted by molar-refractivity contribution is 5.84. The van der Waals surface area contributed by atoms with Crippen LogP contribution in [0.5, 0.6) is 0 Å². The molecule has 0 bridgehead atoms. The zero-order valence-corrected chi connectivity index (χ0v) is 72.1. The van der Waals surface area contributed by atoms with Crippen LogP contribution in [-0.4, -0.2) is 78.1 Å². The molecular weight excluding hydrogens is 1530 g/mol. The third-order valence-corrected chi connectivity index (χ3v) is 22.7. The van der Waals surface area contributed by atoms with Gasteiger partial charge in [-0.2, -0.15) is 19.9 Å². The molecule has 0 saturated carbocycles. The molecule has 8 aromatic carbocycles. The molecule has 0 fully saturated rings. The number of nitrogens with one attached hydrogen (secondary N) is 4. The van der Waals surface area contributed by atoms with Crippen LogP contribution in [0, 0.1) is 53.4 Å². The fraction of sp³-hybridized carbons (Fsp3) is 0.347. The fourth-order valence-corrected chi connectivity index (χ4v) is 16.1. The number of hydrogen-bond donors (Lipinski definition) is 4. The number of benzene rings is 8. The summed E-state index contributed by atoms with van der Waals surface area (Å²) in [5.74, 6) is 2.28. The van der Waals surface area contributed by atoms with E-state index in [0.29, 0.717) is 55.4 Å². The molecule has 0 saturated heterocycles. The maximum Gasteiger partial charge on any atom is 0.349 e. The summed E-state index contributed by atoms with van der Waals surface area (Å²) in [6, 6.07) is 54.7. The normalized spacial score (nSPS) is 12.0. The van der Waals surface area contributed by atoms with Crippen molar-refractivity contribution in [2.24, 2.45) is 11.8 Å². The van der Waals surface area contributed by atoms with Crippen LogP contribution in [0.4, 0.5) is 0 Å². The van der Waals surface area contributed by atoms with Crippen LogP contribution in [0.25, 0.3) is 90.2 Å². The molecule has 8 aromatic rings. The summed E-state index contributed by atoms with van der Waals surface area (Å²) in [6.45, 7) is 30.1. The molecular formula is C98H108N16O8. The summed E-state index contributed by atoms with van der Waals surface area (Å²) in [6.07, 6.45) is 14.0. The third-order valence-electron chi connectivity index (χ3n) is 22.7. The van der Waals surface area contributed by atoms with E-state index in [2.05, 4.69) is 277 Å². The highest BCUT2D eigenvalue weighted by atomic mass is 16.2. The molecule has 628 valence electrons. The second-order valence-electron chi connectivity index (χ2n) is 33.1. The van der Waals surface area contributed by atoms with Gasteiger partial charge in [0, 0.05) is 26.2 Å². The van der Waals surface area contributed by atoms with E-state index in [4.69, 9.17) is 0 Å². The molecule has 8 aliphatic rings. The predicted octanol–water partition coefficient (Wildman–Crippen LogP) is 16.0. The van der Waals surface area contributed by atoms with Crippen molar-refractivity contribution in [2.45, 2.75) is 212 Å². The first-order valence-electron chi connectivity index (χ1n) is 42.7. The van der Waals surface area contributed by atoms with E-state index in [9.17, 15) is 38.4 Å². The van der Waals surface area contributed by atoms with Gasteiger partial charge in [0.1, 0.15) is 0 Å². The van der Waals surface area contributed by atoms with Crippen molar-refractivity contribution in [3.63, 3.8) is 0 Å². The minimum Gasteiger partial charge on any atom is -0.322 e. The standard InChI is InChI=1S/C27H32N4O2.2C24H26N4O2.C23H24N4O2/c1-4-5-6-7-10-21-17-22-23(16-19(21)3)31(15-8-9-20-13-11-18(2)12-14-20)25-24(28-22)26(32)30-27(33)29-25;1-14(2)18-9-10-20-19(12-18)25-21-22(26-24(30)27-23(21)29)28(20)13-16(4)11-17-7-5-15(3)6-8-17;1-4-5-17-10-11-20-19(13-17)25-21-22(26-24(30)27-23(21)29)28(20)14-16(3)12-18-8-6-15(2)7-9-18;1-4-17-13-19-18(12-15(17)3)24-20-21(25-23(29)26-22(20)28)27(19)11-5-6-16-9-7-14(2)8-10-16/h11-14,16-17H,4-10,15H2,1-3H3,(H,30,32,33);5-10,12,14,16H,11,13H2,1-4H3,(H,27,29,30);6-11,13,16H,4-5,12,14H2,1-3H3,(H,27,29,30);7-10,12-13H,4-6,11H2,1-3H3,(H,26,28,29). The number of aryl methyl sites for hydroxylation is 13. The Morgan fingerprint density at radius 1 is 0.311 bits per heavy atom. The Kier molecular flexibility index (Phi) is 27.7. The van der Waals surface area contributed by atoms with E-state index in [-0.39, 0.29) is 34.6 Å². The number of aromatic amines is 4. The Morgan fingerprint density at radius 3 is 1.09 bits per heavy atom. The number of rotatable bonds is 25. The molecule has 2 unspecified atom stereocenters. The first-order valence-corrected chi connectivity index (χ1v) is 42.7. The van der Waals surface area contributed by atoms with Crippen molar-refractivity contribution in [1.82, 2.24) is 78.1 Å². The second-order valence-corrected chi connectivity index (χ2v) is 33.1. The summed E-state index contributed by atoms with van der Waals surface area (Å²) in [4.78, 5) is 141. The number of hydrogen-bond acceptors (Lipinski definition) is 16. The maximum atomic E-state index is 12.5. The van der Waals surface area contributed by atoms with Crippen molar-refractivity contribution in [1.29, 1.82) is 0 Å². The zero-order valence-electron chi connectivity index (χ0n) is 72.1. The molecule has 4 N–H and O–H groups in total. The second kappa shape index (κ2) is 38.9. The summed E-state index contributed by atoms with van der Waals surface area (Å²) >= 11 is 0. The average molecular weight is 1640 g/mol. The van der Waals surface area contributed by atoms with Crippen molar-refractivity contribution in [3.05, 3.63) is 319 Å². The molecule has 8 heterocycles. The van der Waals surface area contributed by atoms with Gasteiger partial charge in [0.05, 0.1) is 44.1 Å². The lowest BCUT2D eigenvalue weighted by Crippen LogP contribution is -2.29. The van der Waals surface area contributed by atoms with Gasteiger partial charge in [-0.05, 0) is 228 Å². The molecule has 0 spiro atoms. The lowest BCUT2D eigenvalue weighted by atomic mass is 9.99. The SMILES string of the molecule is CCCCCCc1cc2nc3c(=O)[nH]c(=O)nc-3n(CCCc3ccc(C)cc3)c2cc1C.CCCc1ccc2c(c1)nc1c(=O)[nH]c(=O)nc-1n2CC(C)Cc1ccc(C)cc1.CCc1cc2c(cc1C)nc1c(=O)[nH]c(=O)nc-1n2CCCc1ccc(C)cc1.Cc1ccc(CC(C)Cn2c3nc(=O)[nH]c(=O)c-3nc3cc(C(C)C)ccc32)cc1. The molecule has 122 heavy (non-hydrogen) atoms. The molecule has 0 aromatic heterocycles. The van der Waals surface area contributed by atoms with Gasteiger partial charge in [0.2, 0.25) is 0 Å². The first-order chi connectivity index (χ1) is 58.7. The molecule has 0 radical (unpaired) electrons. The molecule has 24 nitrogen and oxygen atoms in total. The first kappa shape index (κ1) is 86.7. The van der Waals surface area contributed by atoms with E-state index in [1.54, 1.807) is 0 Å². The summed E-state index contributed by atoms with van der Waals surface area (Å²) in [5.41, 5.74) is 20.1. The topological polar surface area (TPSA) is 323 Å². The Morgan fingerprint density at radius 2 is 0.680 bits per heavy atom. The molecule has 0 aliphatic carbocycles. The third kappa shape index (κ3) is 20.8. The van der Waals surface area contributed by atoms with Gasteiger partial charge in [0.25, 0.3) is 22.2 Å². The average Bonchev–Trinajstić information content (AvgIpc) is 0.769. The molecule has 2 atom stereocenters. The van der Waals surface area contributed by atoms with Gasteiger partial charge in [-0.15, -0.1) is 0 Å². The monoisotopic (exact) mass is 1640 g/mol. The Bertz CT molecular complexity index is 6800. The van der Waals surface area contributed by atoms with Crippen LogP contribution in [-0.2, 0) is 71.1 Å². The highest BCUT2D eigenvalue weighted by Gasteiger charge is 2.26. The van der Waals surface area contributed by atoms with E-state index >= 15 is 0 Å². The number of nitrogens with zero attached hydrogens (tertiary/aromatic N) is 12. The van der Waals surface area contributed by atoms with Gasteiger partial charge in [-0.3, -0.25) is 39.1 Å². The van der Waals surface area contributed by atoms with Crippen molar-refractivity contribution in [3.8, 4) is 46.1 Å². The quantitative estimate of drug-likeness (QED) is 0.0305. The summed E-state index contributed by atoms with van der Waals surface area (Å²) in [7, 11) is 0. The van der Waals surface area contributed by atoms with Crippen LogP contribution in [0.3, 0.4) is 0 Å². The number of H-pyrrole nitrogens is 4. The number of aromatic nitrogens is 16. The minimum atomic E-state index is -0.646. The van der Waals surface area contributed by atoms with Crippen LogP contribution >= 0.6 is 0 Å². The lowest BCUT2D eigenvalue weighted by Gasteiger charge is -2.21. The van der Waals surface area contributed by atoms with Gasteiger partial charge in [0.15, 0.2) is 46.1 Å². The van der Waals surface area contributed by atoms with Crippen LogP contribution in [0.15, 0.2) is 196 Å². The van der Waals surface area contributed by atoms with Gasteiger partial charge in [-0.25, -0.2) is 39.1 Å². The minimum absolute atomic E-state index is 0.200. The fourth-order valence-electron chi connectivity index (χ4n) is 16.1. The molecule has 16 rings (SSSR count).